The highest BCUT2D eigenvalue weighted by Gasteiger charge is 2.19. The lowest BCUT2D eigenvalue weighted by molar-refractivity contribution is 0.460. The third kappa shape index (κ3) is 3.84. The largest absolute Gasteiger partial charge is 0.332 e. The minimum Gasteiger partial charge on any atom is -0.332 e. The SMILES string of the molecule is CCCc1nccn1C(C)CCCNC1CC1. The normalized spacial score (nSPS) is 17.3. The Hall–Kier alpha value is -0.830. The number of nitrogens with one attached hydrogen (secondary N) is 1. The van der Waals surface area contributed by atoms with Crippen LogP contribution in [0.3, 0.4) is 0 Å². The van der Waals surface area contributed by atoms with Crippen molar-refractivity contribution in [3.05, 3.63) is 18.2 Å². The van der Waals surface area contributed by atoms with E-state index >= 15 is 0 Å². The summed E-state index contributed by atoms with van der Waals surface area (Å²) in [7, 11) is 0. The zero-order valence-corrected chi connectivity index (χ0v) is 11.2. The van der Waals surface area contributed by atoms with Crippen LogP contribution in [-0.4, -0.2) is 22.1 Å². The summed E-state index contributed by atoms with van der Waals surface area (Å²) in [5.74, 6) is 1.25. The van der Waals surface area contributed by atoms with Crippen LogP contribution in [0.15, 0.2) is 12.4 Å². The zero-order chi connectivity index (χ0) is 12.1. The van der Waals surface area contributed by atoms with Gasteiger partial charge in [0.05, 0.1) is 0 Å². The number of nitrogens with zero attached hydrogens (tertiary/aromatic N) is 2. The van der Waals surface area contributed by atoms with Crippen LogP contribution in [0.2, 0.25) is 0 Å². The molecule has 0 aliphatic heterocycles. The average Bonchev–Trinajstić information content (AvgIpc) is 3.03. The minimum absolute atomic E-state index is 0.583. The summed E-state index contributed by atoms with van der Waals surface area (Å²) in [5.41, 5.74) is 0. The fourth-order valence-electron chi connectivity index (χ4n) is 2.29. The summed E-state index contributed by atoms with van der Waals surface area (Å²) < 4.78 is 2.35. The fourth-order valence-corrected chi connectivity index (χ4v) is 2.29. The van der Waals surface area contributed by atoms with Gasteiger partial charge in [-0.15, -0.1) is 0 Å². The molecule has 1 N–H and O–H groups in total. The first-order chi connectivity index (χ1) is 8.31. The van der Waals surface area contributed by atoms with Gasteiger partial charge in [0.15, 0.2) is 0 Å². The summed E-state index contributed by atoms with van der Waals surface area (Å²) in [4.78, 5) is 4.44. The second kappa shape index (κ2) is 6.20. The summed E-state index contributed by atoms with van der Waals surface area (Å²) >= 11 is 0. The van der Waals surface area contributed by atoms with E-state index in [2.05, 4.69) is 34.9 Å². The molecule has 0 amide bonds. The van der Waals surface area contributed by atoms with Crippen LogP contribution < -0.4 is 5.32 Å². The molecule has 1 unspecified atom stereocenters. The Balaban J connectivity index is 1.72. The average molecular weight is 235 g/mol. The Morgan fingerprint density at radius 3 is 3.06 bits per heavy atom. The van der Waals surface area contributed by atoms with Crippen LogP contribution in [0.25, 0.3) is 0 Å². The molecule has 1 atom stereocenters. The van der Waals surface area contributed by atoms with Crippen molar-refractivity contribution < 1.29 is 0 Å². The predicted octanol–water partition coefficient (Wildman–Crippen LogP) is 2.93. The lowest BCUT2D eigenvalue weighted by atomic mass is 10.1. The van der Waals surface area contributed by atoms with Crippen LogP contribution >= 0.6 is 0 Å². The second-order valence-electron chi connectivity index (χ2n) is 5.22. The molecule has 17 heavy (non-hydrogen) atoms. The highest BCUT2D eigenvalue weighted by atomic mass is 15.1. The van der Waals surface area contributed by atoms with Crippen molar-refractivity contribution in [1.29, 1.82) is 0 Å². The van der Waals surface area contributed by atoms with E-state index in [1.54, 1.807) is 0 Å². The van der Waals surface area contributed by atoms with Crippen LogP contribution in [-0.2, 0) is 6.42 Å². The van der Waals surface area contributed by atoms with E-state index in [0.29, 0.717) is 6.04 Å². The second-order valence-corrected chi connectivity index (χ2v) is 5.22. The first-order valence-corrected chi connectivity index (χ1v) is 7.06. The Labute approximate surface area is 105 Å². The molecule has 0 aromatic carbocycles. The standard InChI is InChI=1S/C14H25N3/c1-3-5-14-16-10-11-17(14)12(2)6-4-9-15-13-7-8-13/h10-13,15H,3-9H2,1-2H3. The zero-order valence-electron chi connectivity index (χ0n) is 11.2. The van der Waals surface area contributed by atoms with Crippen molar-refractivity contribution >= 4 is 0 Å². The van der Waals surface area contributed by atoms with Gasteiger partial charge in [-0.3, -0.25) is 0 Å². The van der Waals surface area contributed by atoms with E-state index in [1.165, 1.54) is 44.5 Å². The summed E-state index contributed by atoms with van der Waals surface area (Å²) in [6.45, 7) is 5.69. The van der Waals surface area contributed by atoms with E-state index in [-0.39, 0.29) is 0 Å². The minimum atomic E-state index is 0.583. The van der Waals surface area contributed by atoms with Crippen molar-refractivity contribution in [3.63, 3.8) is 0 Å². The molecule has 2 rings (SSSR count). The molecule has 0 bridgehead atoms. The van der Waals surface area contributed by atoms with Crippen molar-refractivity contribution in [3.8, 4) is 0 Å². The van der Waals surface area contributed by atoms with Gasteiger partial charge in [0.2, 0.25) is 0 Å². The van der Waals surface area contributed by atoms with E-state index < -0.39 is 0 Å². The van der Waals surface area contributed by atoms with Gasteiger partial charge >= 0.3 is 0 Å². The van der Waals surface area contributed by atoms with Crippen molar-refractivity contribution in [2.75, 3.05) is 6.54 Å². The molecule has 1 aromatic rings. The van der Waals surface area contributed by atoms with E-state index in [9.17, 15) is 0 Å². The smallest absolute Gasteiger partial charge is 0.108 e. The van der Waals surface area contributed by atoms with E-state index in [1.807, 2.05) is 6.20 Å². The maximum Gasteiger partial charge on any atom is 0.108 e. The lowest BCUT2D eigenvalue weighted by Gasteiger charge is -2.16. The van der Waals surface area contributed by atoms with Crippen LogP contribution in [0.4, 0.5) is 0 Å². The van der Waals surface area contributed by atoms with Crippen LogP contribution in [0, 0.1) is 0 Å². The highest BCUT2D eigenvalue weighted by Crippen LogP contribution is 2.19. The van der Waals surface area contributed by atoms with Gasteiger partial charge in [-0.2, -0.15) is 0 Å². The van der Waals surface area contributed by atoms with Crippen LogP contribution in [0.1, 0.15) is 57.8 Å². The van der Waals surface area contributed by atoms with Gasteiger partial charge in [-0.05, 0) is 45.6 Å². The maximum atomic E-state index is 4.44. The molecule has 1 heterocycles. The molecule has 0 radical (unpaired) electrons. The van der Waals surface area contributed by atoms with E-state index in [4.69, 9.17) is 0 Å². The van der Waals surface area contributed by atoms with Gasteiger partial charge in [0.1, 0.15) is 5.82 Å². The molecule has 0 saturated heterocycles. The Morgan fingerprint density at radius 1 is 1.53 bits per heavy atom. The Bertz CT molecular complexity index is 328. The Morgan fingerprint density at radius 2 is 2.35 bits per heavy atom. The van der Waals surface area contributed by atoms with Crippen molar-refractivity contribution in [1.82, 2.24) is 14.9 Å². The van der Waals surface area contributed by atoms with Gasteiger partial charge in [0, 0.05) is 30.9 Å². The van der Waals surface area contributed by atoms with Gasteiger partial charge in [-0.1, -0.05) is 6.92 Å². The van der Waals surface area contributed by atoms with Crippen molar-refractivity contribution in [2.45, 2.75) is 64.5 Å². The molecule has 1 aliphatic rings. The first kappa shape index (κ1) is 12.6. The van der Waals surface area contributed by atoms with Gasteiger partial charge in [-0.25, -0.2) is 4.98 Å². The molecule has 1 saturated carbocycles. The van der Waals surface area contributed by atoms with Gasteiger partial charge < -0.3 is 9.88 Å². The quantitative estimate of drug-likeness (QED) is 0.702. The number of imidazole rings is 1. The summed E-state index contributed by atoms with van der Waals surface area (Å²) in [6, 6.07) is 1.43. The predicted molar refractivity (Wildman–Crippen MR) is 71.2 cm³/mol. The molecule has 1 aromatic heterocycles. The number of hydrogen-bond acceptors (Lipinski definition) is 2. The Kier molecular flexibility index (Phi) is 4.60. The number of aromatic nitrogens is 2. The monoisotopic (exact) mass is 235 g/mol. The fraction of sp³-hybridized carbons (Fsp3) is 0.786. The first-order valence-electron chi connectivity index (χ1n) is 7.06. The molecule has 1 fully saturated rings. The number of rotatable bonds is 8. The third-order valence-corrected chi connectivity index (χ3v) is 3.51. The van der Waals surface area contributed by atoms with E-state index in [0.717, 1.165) is 12.5 Å². The molecule has 3 nitrogen and oxygen atoms in total. The van der Waals surface area contributed by atoms with Crippen molar-refractivity contribution in [2.24, 2.45) is 0 Å². The number of aryl methyl sites for hydroxylation is 1. The molecule has 0 spiro atoms. The summed E-state index contributed by atoms with van der Waals surface area (Å²) in [5, 5.41) is 3.57. The third-order valence-electron chi connectivity index (χ3n) is 3.51. The maximum absolute atomic E-state index is 4.44. The topological polar surface area (TPSA) is 29.9 Å². The van der Waals surface area contributed by atoms with Gasteiger partial charge in [0.25, 0.3) is 0 Å². The summed E-state index contributed by atoms with van der Waals surface area (Å²) in [6.07, 6.45) is 11.6. The molecule has 3 heteroatoms. The molecular weight excluding hydrogens is 210 g/mol. The molecular formula is C14H25N3. The van der Waals surface area contributed by atoms with Crippen LogP contribution in [0.5, 0.6) is 0 Å². The highest BCUT2D eigenvalue weighted by molar-refractivity contribution is 4.94. The molecule has 96 valence electrons. The molecule has 1 aliphatic carbocycles. The lowest BCUT2D eigenvalue weighted by Crippen LogP contribution is -2.18. The number of hydrogen-bond donors (Lipinski definition) is 1.